The topological polar surface area (TPSA) is 18.5 Å². The normalized spacial score (nSPS) is 32.6. The first kappa shape index (κ1) is 18.5. The number of halogens is 1. The molecule has 1 saturated carbocycles. The van der Waals surface area contributed by atoms with E-state index < -0.39 is 0 Å². The van der Waals surface area contributed by atoms with E-state index in [2.05, 4.69) is 22.0 Å². The van der Waals surface area contributed by atoms with Crippen molar-refractivity contribution in [2.75, 3.05) is 52.4 Å². The monoisotopic (exact) mass is 329 g/mol. The molecule has 22 heavy (non-hydrogen) atoms. The molecule has 3 aliphatic rings. The van der Waals surface area contributed by atoms with Gasteiger partial charge in [0.05, 0.1) is 0 Å². The minimum atomic E-state index is 0. The van der Waals surface area contributed by atoms with E-state index in [4.69, 9.17) is 0 Å². The van der Waals surface area contributed by atoms with E-state index in [9.17, 15) is 0 Å². The lowest BCUT2D eigenvalue weighted by Crippen LogP contribution is -2.40. The van der Waals surface area contributed by atoms with Gasteiger partial charge < -0.3 is 15.1 Å². The molecule has 1 aliphatic carbocycles. The first-order chi connectivity index (χ1) is 10.2. The van der Waals surface area contributed by atoms with Crippen LogP contribution in [-0.2, 0) is 0 Å². The molecule has 0 aromatic rings. The van der Waals surface area contributed by atoms with Crippen molar-refractivity contribution in [3.05, 3.63) is 0 Å². The molecule has 130 valence electrons. The van der Waals surface area contributed by atoms with Gasteiger partial charge in [0.15, 0.2) is 0 Å². The number of rotatable bonds is 4. The summed E-state index contributed by atoms with van der Waals surface area (Å²) in [6.45, 7) is 12.8. The summed E-state index contributed by atoms with van der Waals surface area (Å²) in [6.07, 6.45) is 10.2. The zero-order valence-corrected chi connectivity index (χ0v) is 15.3. The molecular weight excluding hydrogens is 294 g/mol. The Morgan fingerprint density at radius 1 is 0.955 bits per heavy atom. The van der Waals surface area contributed by atoms with Gasteiger partial charge in [-0.3, -0.25) is 0 Å². The summed E-state index contributed by atoms with van der Waals surface area (Å²) in [6, 6.07) is 0. The summed E-state index contributed by atoms with van der Waals surface area (Å²) in [4.78, 5) is 5.51. The molecule has 0 radical (unpaired) electrons. The van der Waals surface area contributed by atoms with Crippen molar-refractivity contribution < 1.29 is 0 Å². The van der Waals surface area contributed by atoms with E-state index in [0.29, 0.717) is 5.41 Å². The van der Waals surface area contributed by atoms with Gasteiger partial charge in [0.1, 0.15) is 0 Å². The van der Waals surface area contributed by atoms with Gasteiger partial charge >= 0.3 is 0 Å². The predicted molar refractivity (Wildman–Crippen MR) is 96.9 cm³/mol. The maximum atomic E-state index is 3.54. The van der Waals surface area contributed by atoms with Crippen LogP contribution in [0.15, 0.2) is 0 Å². The van der Waals surface area contributed by atoms with E-state index >= 15 is 0 Å². The molecule has 2 heterocycles. The average Bonchev–Trinajstić information content (AvgIpc) is 2.80. The van der Waals surface area contributed by atoms with E-state index in [0.717, 1.165) is 5.92 Å². The van der Waals surface area contributed by atoms with Crippen LogP contribution in [0.3, 0.4) is 0 Å². The van der Waals surface area contributed by atoms with Crippen LogP contribution in [0.5, 0.6) is 0 Å². The maximum Gasteiger partial charge on any atom is 0.0110 e. The fourth-order valence-electron chi connectivity index (χ4n) is 4.64. The third-order valence-corrected chi connectivity index (χ3v) is 5.98. The van der Waals surface area contributed by atoms with Gasteiger partial charge in [-0.1, -0.05) is 26.2 Å². The Bertz CT molecular complexity index is 311. The highest BCUT2D eigenvalue weighted by atomic mass is 35.5. The molecule has 0 spiro atoms. The Balaban J connectivity index is 0.00000176. The molecule has 0 bridgehead atoms. The van der Waals surface area contributed by atoms with Crippen LogP contribution in [0.25, 0.3) is 0 Å². The molecule has 2 aliphatic heterocycles. The number of nitrogens with one attached hydrogen (secondary N) is 1. The van der Waals surface area contributed by atoms with Crippen LogP contribution in [0, 0.1) is 11.3 Å². The van der Waals surface area contributed by atoms with Crippen molar-refractivity contribution >= 4 is 12.4 Å². The Kier molecular flexibility index (Phi) is 7.46. The standard InChI is InChI=1S/C18H35N3.ClH/c1-18(8-9-19-15-18)16-21-11-5-10-20(12-13-21)14-17-6-3-2-4-7-17;/h17,19H,2-16H2,1H3;1H. The Morgan fingerprint density at radius 2 is 1.68 bits per heavy atom. The number of hydrogen-bond donors (Lipinski definition) is 1. The second-order valence-electron chi connectivity index (χ2n) is 8.17. The second kappa shape index (κ2) is 8.86. The van der Waals surface area contributed by atoms with E-state index in [1.54, 1.807) is 0 Å². The lowest BCUT2D eigenvalue weighted by Gasteiger charge is -2.31. The van der Waals surface area contributed by atoms with E-state index in [1.165, 1.54) is 97.3 Å². The van der Waals surface area contributed by atoms with E-state index in [1.807, 2.05) is 0 Å². The number of nitrogens with zero attached hydrogens (tertiary/aromatic N) is 2. The van der Waals surface area contributed by atoms with Gasteiger partial charge in [-0.2, -0.15) is 0 Å². The third kappa shape index (κ3) is 5.36. The van der Waals surface area contributed by atoms with Crippen molar-refractivity contribution in [1.29, 1.82) is 0 Å². The minimum Gasteiger partial charge on any atom is -0.316 e. The van der Waals surface area contributed by atoms with Crippen molar-refractivity contribution in [3.8, 4) is 0 Å². The Morgan fingerprint density at radius 3 is 2.41 bits per heavy atom. The first-order valence-electron chi connectivity index (χ1n) is 9.39. The SMILES string of the molecule is CC1(CN2CCCN(CC3CCCCC3)CC2)CCNC1.Cl. The highest BCUT2D eigenvalue weighted by molar-refractivity contribution is 5.85. The first-order valence-corrected chi connectivity index (χ1v) is 9.39. The molecule has 4 heteroatoms. The second-order valence-corrected chi connectivity index (χ2v) is 8.17. The lowest BCUT2D eigenvalue weighted by atomic mass is 9.89. The van der Waals surface area contributed by atoms with Crippen molar-refractivity contribution in [2.24, 2.45) is 11.3 Å². The largest absolute Gasteiger partial charge is 0.316 e. The van der Waals surface area contributed by atoms with Gasteiger partial charge in [0.25, 0.3) is 0 Å². The molecule has 0 aromatic carbocycles. The lowest BCUT2D eigenvalue weighted by molar-refractivity contribution is 0.171. The third-order valence-electron chi connectivity index (χ3n) is 5.98. The predicted octanol–water partition coefficient (Wildman–Crippen LogP) is 3.00. The fourth-order valence-corrected chi connectivity index (χ4v) is 4.64. The van der Waals surface area contributed by atoms with Gasteiger partial charge in [-0.15, -0.1) is 12.4 Å². The van der Waals surface area contributed by atoms with Crippen LogP contribution >= 0.6 is 12.4 Å². The van der Waals surface area contributed by atoms with Crippen molar-refractivity contribution in [1.82, 2.24) is 15.1 Å². The molecule has 0 amide bonds. The van der Waals surface area contributed by atoms with Crippen molar-refractivity contribution in [2.45, 2.75) is 51.9 Å². The maximum absolute atomic E-state index is 3.54. The van der Waals surface area contributed by atoms with Gasteiger partial charge in [0.2, 0.25) is 0 Å². The molecule has 3 fully saturated rings. The number of hydrogen-bond acceptors (Lipinski definition) is 3. The molecule has 1 unspecified atom stereocenters. The minimum absolute atomic E-state index is 0. The molecule has 2 saturated heterocycles. The summed E-state index contributed by atoms with van der Waals surface area (Å²) in [5.41, 5.74) is 0.526. The van der Waals surface area contributed by atoms with Crippen LogP contribution in [-0.4, -0.2) is 62.2 Å². The highest BCUT2D eigenvalue weighted by Crippen LogP contribution is 2.27. The quantitative estimate of drug-likeness (QED) is 0.855. The van der Waals surface area contributed by atoms with Crippen molar-refractivity contribution in [3.63, 3.8) is 0 Å². The molecule has 1 atom stereocenters. The summed E-state index contributed by atoms with van der Waals surface area (Å²) < 4.78 is 0. The smallest absolute Gasteiger partial charge is 0.0110 e. The van der Waals surface area contributed by atoms with Crippen LogP contribution in [0.1, 0.15) is 51.9 Å². The Labute approximate surface area is 143 Å². The molecule has 3 rings (SSSR count). The van der Waals surface area contributed by atoms with Crippen LogP contribution < -0.4 is 5.32 Å². The summed E-state index contributed by atoms with van der Waals surface area (Å²) in [5, 5.41) is 3.54. The van der Waals surface area contributed by atoms with Gasteiger partial charge in [-0.25, -0.2) is 0 Å². The molecular formula is C18H36ClN3. The fraction of sp³-hybridized carbons (Fsp3) is 1.00. The zero-order chi connectivity index (χ0) is 14.5. The highest BCUT2D eigenvalue weighted by Gasteiger charge is 2.31. The summed E-state index contributed by atoms with van der Waals surface area (Å²) in [7, 11) is 0. The Hall–Kier alpha value is 0.170. The zero-order valence-electron chi connectivity index (χ0n) is 14.5. The van der Waals surface area contributed by atoms with E-state index in [-0.39, 0.29) is 12.4 Å². The van der Waals surface area contributed by atoms with Gasteiger partial charge in [-0.05, 0) is 56.7 Å². The van der Waals surface area contributed by atoms with Gasteiger partial charge in [0, 0.05) is 32.7 Å². The average molecular weight is 330 g/mol. The molecule has 1 N–H and O–H groups in total. The molecule has 0 aromatic heterocycles. The van der Waals surface area contributed by atoms with Crippen LogP contribution in [0.2, 0.25) is 0 Å². The van der Waals surface area contributed by atoms with Crippen LogP contribution in [0.4, 0.5) is 0 Å². The summed E-state index contributed by atoms with van der Waals surface area (Å²) in [5.74, 6) is 1.00. The summed E-state index contributed by atoms with van der Waals surface area (Å²) >= 11 is 0. The molecule has 3 nitrogen and oxygen atoms in total.